The molecule has 0 amide bonds. The molecule has 1 N–H and O–H groups in total. The lowest BCUT2D eigenvalue weighted by atomic mass is 10.1. The second-order valence-electron chi connectivity index (χ2n) is 4.40. The van der Waals surface area contributed by atoms with Gasteiger partial charge in [-0.1, -0.05) is 0 Å². The Morgan fingerprint density at radius 1 is 1.29 bits per heavy atom. The molecule has 0 aliphatic rings. The Morgan fingerprint density at radius 2 is 2.05 bits per heavy atom. The summed E-state index contributed by atoms with van der Waals surface area (Å²) in [5.74, 6) is 0.0692. The molecule has 3 heterocycles. The molecule has 3 aromatic heterocycles. The zero-order valence-electron chi connectivity index (χ0n) is 11.1. The highest BCUT2D eigenvalue weighted by molar-refractivity contribution is 5.73. The van der Waals surface area contributed by atoms with E-state index in [2.05, 4.69) is 20.5 Å². The van der Waals surface area contributed by atoms with Crippen molar-refractivity contribution in [2.24, 2.45) is 0 Å². The van der Waals surface area contributed by atoms with E-state index in [1.165, 1.54) is 19.4 Å². The van der Waals surface area contributed by atoms with Crippen LogP contribution in [0.2, 0.25) is 0 Å². The zero-order valence-corrected chi connectivity index (χ0v) is 11.1. The smallest absolute Gasteiger partial charge is 0.420 e. The van der Waals surface area contributed by atoms with Crippen LogP contribution in [-0.4, -0.2) is 32.1 Å². The second-order valence-corrected chi connectivity index (χ2v) is 4.40. The first-order valence-electron chi connectivity index (χ1n) is 5.92. The van der Waals surface area contributed by atoms with Gasteiger partial charge in [0, 0.05) is 11.8 Å². The topological polar surface area (TPSA) is 68.1 Å². The molecule has 3 aromatic rings. The summed E-state index contributed by atoms with van der Waals surface area (Å²) in [4.78, 5) is 0. The van der Waals surface area contributed by atoms with E-state index in [-0.39, 0.29) is 11.3 Å². The molecule has 0 radical (unpaired) electrons. The van der Waals surface area contributed by atoms with Crippen LogP contribution in [0.3, 0.4) is 0 Å². The third-order valence-electron chi connectivity index (χ3n) is 3.10. The van der Waals surface area contributed by atoms with Gasteiger partial charge < -0.3 is 4.74 Å². The minimum Gasteiger partial charge on any atom is -0.494 e. The lowest BCUT2D eigenvalue weighted by molar-refractivity contribution is -0.136. The number of aromatic amines is 1. The molecule has 0 aliphatic heterocycles. The van der Waals surface area contributed by atoms with E-state index in [9.17, 15) is 13.2 Å². The van der Waals surface area contributed by atoms with E-state index < -0.39 is 11.7 Å². The molecule has 0 aliphatic carbocycles. The van der Waals surface area contributed by atoms with Crippen LogP contribution < -0.4 is 4.74 Å². The van der Waals surface area contributed by atoms with Crippen molar-refractivity contribution < 1.29 is 17.9 Å². The van der Waals surface area contributed by atoms with Crippen molar-refractivity contribution in [1.29, 1.82) is 0 Å². The van der Waals surface area contributed by atoms with Gasteiger partial charge in [-0.15, -0.1) is 0 Å². The largest absolute Gasteiger partial charge is 0.494 e. The van der Waals surface area contributed by atoms with Gasteiger partial charge in [-0.2, -0.15) is 33.7 Å². The molecular formula is C12H10F3N5O. The fraction of sp³-hybridized carbons (Fsp3) is 0.250. The molecule has 0 bridgehead atoms. The van der Waals surface area contributed by atoms with Crippen molar-refractivity contribution in [3.05, 3.63) is 29.7 Å². The first kappa shape index (κ1) is 13.4. The van der Waals surface area contributed by atoms with Crippen LogP contribution in [0.1, 0.15) is 11.3 Å². The Hall–Kier alpha value is -2.58. The van der Waals surface area contributed by atoms with Gasteiger partial charge in [0.05, 0.1) is 19.0 Å². The number of nitrogens with zero attached hydrogens (tertiary/aromatic N) is 4. The fourth-order valence-electron chi connectivity index (χ4n) is 2.13. The van der Waals surface area contributed by atoms with Crippen LogP contribution in [0, 0.1) is 6.92 Å². The van der Waals surface area contributed by atoms with Crippen molar-refractivity contribution in [3.8, 4) is 17.0 Å². The molecule has 3 rings (SSSR count). The average molecular weight is 297 g/mol. The highest BCUT2D eigenvalue weighted by Crippen LogP contribution is 2.37. The Kier molecular flexibility index (Phi) is 2.85. The fourth-order valence-corrected chi connectivity index (χ4v) is 2.13. The van der Waals surface area contributed by atoms with Crippen LogP contribution in [0.4, 0.5) is 13.2 Å². The number of nitrogens with one attached hydrogen (secondary N) is 1. The van der Waals surface area contributed by atoms with Gasteiger partial charge in [-0.05, 0) is 13.0 Å². The number of aromatic nitrogens is 5. The maximum Gasteiger partial charge on any atom is 0.420 e. The van der Waals surface area contributed by atoms with Gasteiger partial charge >= 0.3 is 6.18 Å². The van der Waals surface area contributed by atoms with E-state index in [1.807, 2.05) is 0 Å². The number of alkyl halides is 3. The van der Waals surface area contributed by atoms with E-state index in [4.69, 9.17) is 4.74 Å². The molecule has 9 heteroatoms. The second kappa shape index (κ2) is 4.47. The van der Waals surface area contributed by atoms with Crippen LogP contribution in [0.15, 0.2) is 18.5 Å². The van der Waals surface area contributed by atoms with E-state index in [0.717, 1.165) is 10.7 Å². The number of methoxy groups -OCH3 is 1. The Bertz CT molecular complexity index is 805. The van der Waals surface area contributed by atoms with Gasteiger partial charge in [0.15, 0.2) is 0 Å². The molecular weight excluding hydrogens is 287 g/mol. The Balaban J connectivity index is 2.28. The standard InChI is InChI=1S/C12H10F3N5O/c1-6-10(18-19-17-6)7-3-9(21-2)11-8(12(13,14)15)4-16-20(11)5-7/h3-5H,1-2H3,(H,17,18,19). The van der Waals surface area contributed by atoms with Gasteiger partial charge in [-0.3, -0.25) is 0 Å². The number of pyridine rings is 1. The predicted octanol–water partition coefficient (Wildman–Crippen LogP) is 2.46. The minimum absolute atomic E-state index is 0.0692. The van der Waals surface area contributed by atoms with Crippen LogP contribution in [-0.2, 0) is 6.18 Å². The number of hydrogen-bond donors (Lipinski definition) is 1. The van der Waals surface area contributed by atoms with Crippen LogP contribution in [0.25, 0.3) is 16.8 Å². The number of ether oxygens (including phenoxy) is 1. The third-order valence-corrected chi connectivity index (χ3v) is 3.10. The highest BCUT2D eigenvalue weighted by Gasteiger charge is 2.36. The third kappa shape index (κ3) is 2.10. The normalized spacial score (nSPS) is 12.0. The number of hydrogen-bond acceptors (Lipinski definition) is 4. The first-order valence-corrected chi connectivity index (χ1v) is 5.92. The Morgan fingerprint density at radius 3 is 2.62 bits per heavy atom. The average Bonchev–Trinajstić information content (AvgIpc) is 3.02. The summed E-state index contributed by atoms with van der Waals surface area (Å²) in [6.45, 7) is 1.74. The number of aryl methyl sites for hydroxylation is 1. The summed E-state index contributed by atoms with van der Waals surface area (Å²) in [5.41, 5.74) is 0.735. The number of rotatable bonds is 2. The quantitative estimate of drug-likeness (QED) is 0.789. The molecule has 0 atom stereocenters. The van der Waals surface area contributed by atoms with Gasteiger partial charge in [0.2, 0.25) is 0 Å². The van der Waals surface area contributed by atoms with Crippen LogP contribution in [0.5, 0.6) is 5.75 Å². The number of fused-ring (bicyclic) bond motifs is 1. The van der Waals surface area contributed by atoms with E-state index >= 15 is 0 Å². The molecule has 6 nitrogen and oxygen atoms in total. The molecule has 0 saturated heterocycles. The van der Waals surface area contributed by atoms with Gasteiger partial charge in [0.25, 0.3) is 0 Å². The number of halogens is 3. The lowest BCUT2D eigenvalue weighted by Gasteiger charge is -2.09. The monoisotopic (exact) mass is 297 g/mol. The van der Waals surface area contributed by atoms with Crippen LogP contribution >= 0.6 is 0 Å². The highest BCUT2D eigenvalue weighted by atomic mass is 19.4. The van der Waals surface area contributed by atoms with Crippen molar-refractivity contribution in [1.82, 2.24) is 25.0 Å². The molecule has 21 heavy (non-hydrogen) atoms. The lowest BCUT2D eigenvalue weighted by Crippen LogP contribution is -2.05. The molecule has 0 unspecified atom stereocenters. The molecule has 0 aromatic carbocycles. The summed E-state index contributed by atoms with van der Waals surface area (Å²) < 4.78 is 45.1. The van der Waals surface area contributed by atoms with Gasteiger partial charge in [0.1, 0.15) is 22.5 Å². The van der Waals surface area contributed by atoms with Crippen molar-refractivity contribution >= 4 is 5.52 Å². The summed E-state index contributed by atoms with van der Waals surface area (Å²) in [6, 6.07) is 1.48. The minimum atomic E-state index is -4.50. The van der Waals surface area contributed by atoms with Crippen molar-refractivity contribution in [2.75, 3.05) is 7.11 Å². The maximum absolute atomic E-state index is 13.0. The van der Waals surface area contributed by atoms with E-state index in [0.29, 0.717) is 17.0 Å². The Labute approximate surface area is 116 Å². The molecule has 0 spiro atoms. The summed E-state index contributed by atoms with van der Waals surface area (Å²) >= 11 is 0. The SMILES string of the molecule is COc1cc(-c2n[nH]nc2C)cn2ncc(C(F)(F)F)c12. The summed E-state index contributed by atoms with van der Waals surface area (Å²) in [6.07, 6.45) is -2.27. The first-order chi connectivity index (χ1) is 9.91. The molecule has 0 saturated carbocycles. The van der Waals surface area contributed by atoms with Crippen molar-refractivity contribution in [2.45, 2.75) is 13.1 Å². The van der Waals surface area contributed by atoms with E-state index in [1.54, 1.807) is 6.92 Å². The van der Waals surface area contributed by atoms with Gasteiger partial charge in [-0.25, -0.2) is 4.52 Å². The summed E-state index contributed by atoms with van der Waals surface area (Å²) in [7, 11) is 1.31. The molecule has 110 valence electrons. The zero-order chi connectivity index (χ0) is 15.2. The number of H-pyrrole nitrogens is 1. The summed E-state index contributed by atoms with van der Waals surface area (Å²) in [5, 5.41) is 14.1. The predicted molar refractivity (Wildman–Crippen MR) is 66.9 cm³/mol. The van der Waals surface area contributed by atoms with Crippen molar-refractivity contribution in [3.63, 3.8) is 0 Å². The molecule has 0 fully saturated rings. The maximum atomic E-state index is 13.0.